The second-order valence-corrected chi connectivity index (χ2v) is 6.15. The van der Waals surface area contributed by atoms with Crippen LogP contribution in [-0.2, 0) is 0 Å². The van der Waals surface area contributed by atoms with Gasteiger partial charge in [0.05, 0.1) is 0 Å². The molecule has 0 aliphatic carbocycles. The molecule has 106 valence electrons. The summed E-state index contributed by atoms with van der Waals surface area (Å²) in [5.74, 6) is 0. The van der Waals surface area contributed by atoms with Gasteiger partial charge in [-0.2, -0.15) is 0 Å². The summed E-state index contributed by atoms with van der Waals surface area (Å²) in [5.41, 5.74) is 1.43. The summed E-state index contributed by atoms with van der Waals surface area (Å²) in [6.07, 6.45) is 5.32. The third-order valence-corrected chi connectivity index (χ3v) is 4.17. The molecule has 0 spiro atoms. The molecule has 1 aromatic carbocycles. The van der Waals surface area contributed by atoms with Crippen LogP contribution in [0.1, 0.15) is 51.1 Å². The Morgan fingerprint density at radius 3 is 2.58 bits per heavy atom. The molecule has 2 unspecified atom stereocenters. The molecule has 0 amide bonds. The van der Waals surface area contributed by atoms with Gasteiger partial charge in [-0.1, -0.05) is 50.6 Å². The van der Waals surface area contributed by atoms with Crippen molar-refractivity contribution in [2.24, 2.45) is 0 Å². The first kappa shape index (κ1) is 14.5. The normalized spacial score (nSPS) is 22.6. The van der Waals surface area contributed by atoms with Crippen molar-refractivity contribution in [2.75, 3.05) is 13.6 Å². The number of benzene rings is 1. The van der Waals surface area contributed by atoms with Gasteiger partial charge in [-0.05, 0) is 38.4 Å². The van der Waals surface area contributed by atoms with Crippen molar-refractivity contribution in [3.63, 3.8) is 0 Å². The Morgan fingerprint density at radius 2 is 1.95 bits per heavy atom. The zero-order chi connectivity index (χ0) is 13.7. The maximum absolute atomic E-state index is 3.74. The zero-order valence-electron chi connectivity index (χ0n) is 12.6. The van der Waals surface area contributed by atoms with Gasteiger partial charge in [-0.15, -0.1) is 0 Å². The van der Waals surface area contributed by atoms with Gasteiger partial charge in [-0.25, -0.2) is 0 Å². The van der Waals surface area contributed by atoms with Crippen LogP contribution in [0.2, 0.25) is 0 Å². The largest absolute Gasteiger partial charge is 0.308 e. The lowest BCUT2D eigenvalue weighted by Crippen LogP contribution is -2.40. The van der Waals surface area contributed by atoms with Gasteiger partial charge in [0.15, 0.2) is 0 Å². The molecule has 1 aromatic rings. The SMILES string of the molecule is CC(C)NC(CC1CCCCN1C)c1ccccc1. The Kier molecular flexibility index (Phi) is 5.41. The molecule has 1 saturated heterocycles. The van der Waals surface area contributed by atoms with E-state index >= 15 is 0 Å². The third-order valence-electron chi connectivity index (χ3n) is 4.17. The average Bonchev–Trinajstić information content (AvgIpc) is 2.41. The lowest BCUT2D eigenvalue weighted by Gasteiger charge is -2.35. The van der Waals surface area contributed by atoms with Crippen LogP contribution in [0.3, 0.4) is 0 Å². The van der Waals surface area contributed by atoms with Crippen LogP contribution in [0, 0.1) is 0 Å². The lowest BCUT2D eigenvalue weighted by molar-refractivity contribution is 0.161. The molecule has 0 radical (unpaired) electrons. The monoisotopic (exact) mass is 260 g/mol. The first-order valence-electron chi connectivity index (χ1n) is 7.68. The minimum Gasteiger partial charge on any atom is -0.308 e. The molecule has 0 saturated carbocycles. The van der Waals surface area contributed by atoms with Gasteiger partial charge in [0.2, 0.25) is 0 Å². The molecule has 1 heterocycles. The Balaban J connectivity index is 2.05. The summed E-state index contributed by atoms with van der Waals surface area (Å²) in [7, 11) is 2.28. The number of hydrogen-bond donors (Lipinski definition) is 1. The van der Waals surface area contributed by atoms with E-state index in [0.717, 1.165) is 6.04 Å². The first-order valence-corrected chi connectivity index (χ1v) is 7.68. The molecule has 0 aromatic heterocycles. The van der Waals surface area contributed by atoms with Crippen molar-refractivity contribution in [2.45, 2.75) is 57.7 Å². The summed E-state index contributed by atoms with van der Waals surface area (Å²) < 4.78 is 0. The molecular weight excluding hydrogens is 232 g/mol. The molecule has 2 heteroatoms. The van der Waals surface area contributed by atoms with E-state index in [1.807, 2.05) is 0 Å². The predicted octanol–water partition coefficient (Wildman–Crippen LogP) is 3.60. The second-order valence-electron chi connectivity index (χ2n) is 6.15. The van der Waals surface area contributed by atoms with Crippen molar-refractivity contribution in [3.05, 3.63) is 35.9 Å². The number of piperidine rings is 1. The highest BCUT2D eigenvalue weighted by atomic mass is 15.1. The summed E-state index contributed by atoms with van der Waals surface area (Å²) in [6.45, 7) is 5.73. The summed E-state index contributed by atoms with van der Waals surface area (Å²) >= 11 is 0. The highest BCUT2D eigenvalue weighted by Gasteiger charge is 2.23. The average molecular weight is 260 g/mol. The maximum atomic E-state index is 3.74. The van der Waals surface area contributed by atoms with Gasteiger partial charge >= 0.3 is 0 Å². The summed E-state index contributed by atoms with van der Waals surface area (Å²) in [6, 6.07) is 12.6. The van der Waals surface area contributed by atoms with Gasteiger partial charge in [0, 0.05) is 18.1 Å². The van der Waals surface area contributed by atoms with Crippen LogP contribution in [0.15, 0.2) is 30.3 Å². The van der Waals surface area contributed by atoms with E-state index in [-0.39, 0.29) is 0 Å². The fourth-order valence-corrected chi connectivity index (χ4v) is 3.10. The molecule has 2 atom stereocenters. The Bertz CT molecular complexity index is 361. The number of hydrogen-bond acceptors (Lipinski definition) is 2. The van der Waals surface area contributed by atoms with Gasteiger partial charge < -0.3 is 10.2 Å². The predicted molar refractivity (Wildman–Crippen MR) is 82.3 cm³/mol. The van der Waals surface area contributed by atoms with E-state index < -0.39 is 0 Å². The number of nitrogens with one attached hydrogen (secondary N) is 1. The van der Waals surface area contributed by atoms with Gasteiger partial charge in [0.1, 0.15) is 0 Å². The van der Waals surface area contributed by atoms with Crippen molar-refractivity contribution in [1.82, 2.24) is 10.2 Å². The maximum Gasteiger partial charge on any atom is 0.0337 e. The van der Waals surface area contributed by atoms with Crippen molar-refractivity contribution < 1.29 is 0 Å². The molecule has 1 aliphatic rings. The van der Waals surface area contributed by atoms with Crippen LogP contribution in [-0.4, -0.2) is 30.6 Å². The minimum atomic E-state index is 0.478. The molecule has 1 aliphatic heterocycles. The second kappa shape index (κ2) is 7.06. The standard InChI is InChI=1S/C17H28N2/c1-14(2)18-17(15-9-5-4-6-10-15)13-16-11-7-8-12-19(16)3/h4-6,9-10,14,16-18H,7-8,11-13H2,1-3H3. The van der Waals surface area contributed by atoms with Crippen molar-refractivity contribution >= 4 is 0 Å². The molecule has 2 nitrogen and oxygen atoms in total. The molecular formula is C17H28N2. The summed E-state index contributed by atoms with van der Waals surface area (Å²) in [4.78, 5) is 2.54. The van der Waals surface area contributed by atoms with Crippen molar-refractivity contribution in [3.8, 4) is 0 Å². The van der Waals surface area contributed by atoms with Crippen molar-refractivity contribution in [1.29, 1.82) is 0 Å². The Labute approximate surface area is 118 Å². The van der Waals surface area contributed by atoms with E-state index in [2.05, 4.69) is 61.4 Å². The van der Waals surface area contributed by atoms with Crippen LogP contribution < -0.4 is 5.32 Å². The minimum absolute atomic E-state index is 0.478. The molecule has 2 rings (SSSR count). The van der Waals surface area contributed by atoms with E-state index in [1.165, 1.54) is 37.8 Å². The fourth-order valence-electron chi connectivity index (χ4n) is 3.10. The van der Waals surface area contributed by atoms with Gasteiger partial charge in [-0.3, -0.25) is 0 Å². The quantitative estimate of drug-likeness (QED) is 0.870. The van der Waals surface area contributed by atoms with E-state index in [4.69, 9.17) is 0 Å². The summed E-state index contributed by atoms with van der Waals surface area (Å²) in [5, 5.41) is 3.74. The highest BCUT2D eigenvalue weighted by Crippen LogP contribution is 2.26. The van der Waals surface area contributed by atoms with Crippen LogP contribution >= 0.6 is 0 Å². The van der Waals surface area contributed by atoms with E-state index in [9.17, 15) is 0 Å². The topological polar surface area (TPSA) is 15.3 Å². The fraction of sp³-hybridized carbons (Fsp3) is 0.647. The molecule has 0 bridgehead atoms. The first-order chi connectivity index (χ1) is 9.16. The van der Waals surface area contributed by atoms with E-state index in [0.29, 0.717) is 12.1 Å². The Morgan fingerprint density at radius 1 is 1.21 bits per heavy atom. The van der Waals surface area contributed by atoms with Crippen LogP contribution in [0.5, 0.6) is 0 Å². The van der Waals surface area contributed by atoms with Gasteiger partial charge in [0.25, 0.3) is 0 Å². The van der Waals surface area contributed by atoms with E-state index in [1.54, 1.807) is 0 Å². The number of likely N-dealkylation sites (tertiary alicyclic amines) is 1. The molecule has 1 fully saturated rings. The van der Waals surface area contributed by atoms with Crippen LogP contribution in [0.25, 0.3) is 0 Å². The lowest BCUT2D eigenvalue weighted by atomic mass is 9.92. The number of rotatable bonds is 5. The number of nitrogens with zero attached hydrogens (tertiary/aromatic N) is 1. The zero-order valence-corrected chi connectivity index (χ0v) is 12.6. The molecule has 1 N–H and O–H groups in total. The smallest absolute Gasteiger partial charge is 0.0337 e. The van der Waals surface area contributed by atoms with Crippen LogP contribution in [0.4, 0.5) is 0 Å². The Hall–Kier alpha value is -0.860. The highest BCUT2D eigenvalue weighted by molar-refractivity contribution is 5.19. The molecule has 19 heavy (non-hydrogen) atoms. The third kappa shape index (κ3) is 4.32.